The predicted octanol–water partition coefficient (Wildman–Crippen LogP) is 2.11. The SMILES string of the molecule is COc1c(F)ccc(Cl)c1CC(=O)O. The number of rotatable bonds is 3. The molecule has 0 atom stereocenters. The summed E-state index contributed by atoms with van der Waals surface area (Å²) >= 11 is 5.71. The first-order valence-corrected chi connectivity index (χ1v) is 4.16. The van der Waals surface area contributed by atoms with Gasteiger partial charge >= 0.3 is 5.97 Å². The monoisotopic (exact) mass is 218 g/mol. The van der Waals surface area contributed by atoms with Crippen LogP contribution in [0.25, 0.3) is 0 Å². The first-order valence-electron chi connectivity index (χ1n) is 3.79. The van der Waals surface area contributed by atoms with Crippen LogP contribution in [0.3, 0.4) is 0 Å². The standard InChI is InChI=1S/C9H8ClFO3/c1-14-9-5(4-8(12)13)6(10)2-3-7(9)11/h2-3H,4H2,1H3,(H,12,13). The zero-order valence-electron chi connectivity index (χ0n) is 7.38. The zero-order valence-corrected chi connectivity index (χ0v) is 8.14. The van der Waals surface area contributed by atoms with E-state index in [9.17, 15) is 9.18 Å². The molecule has 0 aliphatic heterocycles. The maximum absolute atomic E-state index is 13.1. The molecule has 0 aromatic heterocycles. The van der Waals surface area contributed by atoms with Gasteiger partial charge in [-0.15, -0.1) is 0 Å². The van der Waals surface area contributed by atoms with Crippen molar-refractivity contribution in [3.63, 3.8) is 0 Å². The van der Waals surface area contributed by atoms with Gasteiger partial charge in [0, 0.05) is 10.6 Å². The molecule has 1 rings (SSSR count). The summed E-state index contributed by atoms with van der Waals surface area (Å²) in [5.41, 5.74) is 0.154. The quantitative estimate of drug-likeness (QED) is 0.845. The molecule has 0 saturated heterocycles. The molecule has 5 heteroatoms. The number of hydrogen-bond donors (Lipinski definition) is 1. The van der Waals surface area contributed by atoms with E-state index in [1.54, 1.807) is 0 Å². The van der Waals surface area contributed by atoms with Gasteiger partial charge in [0.05, 0.1) is 13.5 Å². The number of carboxylic acid groups (broad SMARTS) is 1. The van der Waals surface area contributed by atoms with Gasteiger partial charge in [0.1, 0.15) is 0 Å². The molecular weight excluding hydrogens is 211 g/mol. The van der Waals surface area contributed by atoms with Crippen molar-refractivity contribution in [1.29, 1.82) is 0 Å². The minimum atomic E-state index is -1.09. The second-order valence-electron chi connectivity index (χ2n) is 2.61. The van der Waals surface area contributed by atoms with Gasteiger partial charge in [0.15, 0.2) is 11.6 Å². The Morgan fingerprint density at radius 1 is 1.64 bits per heavy atom. The summed E-state index contributed by atoms with van der Waals surface area (Å²) in [5, 5.41) is 8.75. The number of methoxy groups -OCH3 is 1. The minimum absolute atomic E-state index is 0.111. The Labute approximate surface area is 85.1 Å². The molecule has 0 aliphatic rings. The van der Waals surface area contributed by atoms with Gasteiger partial charge in [-0.25, -0.2) is 4.39 Å². The highest BCUT2D eigenvalue weighted by atomic mass is 35.5. The average Bonchev–Trinajstić information content (AvgIpc) is 2.11. The lowest BCUT2D eigenvalue weighted by Crippen LogP contribution is -2.04. The summed E-state index contributed by atoms with van der Waals surface area (Å²) in [4.78, 5) is 10.5. The van der Waals surface area contributed by atoms with Crippen LogP contribution in [-0.2, 0) is 11.2 Å². The van der Waals surface area contributed by atoms with Crippen molar-refractivity contribution in [1.82, 2.24) is 0 Å². The molecule has 0 aliphatic carbocycles. The fraction of sp³-hybridized carbons (Fsp3) is 0.222. The average molecular weight is 219 g/mol. The van der Waals surface area contributed by atoms with Crippen LogP contribution in [0.15, 0.2) is 12.1 Å². The topological polar surface area (TPSA) is 46.5 Å². The zero-order chi connectivity index (χ0) is 10.7. The van der Waals surface area contributed by atoms with Crippen molar-refractivity contribution in [2.75, 3.05) is 7.11 Å². The maximum atomic E-state index is 13.1. The van der Waals surface area contributed by atoms with E-state index in [1.165, 1.54) is 13.2 Å². The number of hydrogen-bond acceptors (Lipinski definition) is 2. The van der Waals surface area contributed by atoms with Crippen LogP contribution in [0.5, 0.6) is 5.75 Å². The number of halogens is 2. The normalized spacial score (nSPS) is 9.93. The summed E-state index contributed by atoms with van der Waals surface area (Å²) < 4.78 is 17.8. The predicted molar refractivity (Wildman–Crippen MR) is 49.3 cm³/mol. The number of ether oxygens (including phenoxy) is 1. The van der Waals surface area contributed by atoms with E-state index in [0.29, 0.717) is 0 Å². The summed E-state index contributed by atoms with van der Waals surface area (Å²) in [6.45, 7) is 0. The van der Waals surface area contributed by atoms with Crippen LogP contribution in [0, 0.1) is 5.82 Å². The Kier molecular flexibility index (Phi) is 3.30. The Balaban J connectivity index is 3.22. The first kappa shape index (κ1) is 10.8. The molecule has 0 spiro atoms. The molecule has 76 valence electrons. The molecule has 3 nitrogen and oxygen atoms in total. The van der Waals surface area contributed by atoms with Gasteiger partial charge < -0.3 is 9.84 Å². The van der Waals surface area contributed by atoms with E-state index in [4.69, 9.17) is 21.4 Å². The molecular formula is C9H8ClFO3. The fourth-order valence-electron chi connectivity index (χ4n) is 1.11. The van der Waals surface area contributed by atoms with Crippen molar-refractivity contribution < 1.29 is 19.0 Å². The molecule has 0 heterocycles. The van der Waals surface area contributed by atoms with E-state index < -0.39 is 11.8 Å². The van der Waals surface area contributed by atoms with Gasteiger partial charge in [-0.05, 0) is 12.1 Å². The van der Waals surface area contributed by atoms with Gasteiger partial charge in [-0.1, -0.05) is 11.6 Å². The van der Waals surface area contributed by atoms with E-state index in [1.807, 2.05) is 0 Å². The highest BCUT2D eigenvalue weighted by Gasteiger charge is 2.15. The molecule has 1 N–H and O–H groups in total. The molecule has 0 amide bonds. The van der Waals surface area contributed by atoms with Crippen molar-refractivity contribution in [3.8, 4) is 5.75 Å². The number of benzene rings is 1. The van der Waals surface area contributed by atoms with Gasteiger partial charge in [0.25, 0.3) is 0 Å². The molecule has 0 radical (unpaired) electrons. The van der Waals surface area contributed by atoms with E-state index >= 15 is 0 Å². The Bertz CT molecular complexity index is 365. The Hall–Kier alpha value is -1.29. The van der Waals surface area contributed by atoms with Crippen molar-refractivity contribution in [3.05, 3.63) is 28.5 Å². The van der Waals surface area contributed by atoms with E-state index in [2.05, 4.69) is 0 Å². The molecule has 0 bridgehead atoms. The molecule has 0 unspecified atom stereocenters. The van der Waals surface area contributed by atoms with Crippen LogP contribution in [0.4, 0.5) is 4.39 Å². The molecule has 1 aromatic carbocycles. The smallest absolute Gasteiger partial charge is 0.308 e. The third-order valence-corrected chi connectivity index (χ3v) is 2.04. The third kappa shape index (κ3) is 2.14. The third-order valence-electron chi connectivity index (χ3n) is 1.69. The van der Waals surface area contributed by atoms with Gasteiger partial charge in [-0.3, -0.25) is 4.79 Å². The lowest BCUT2D eigenvalue weighted by Gasteiger charge is -2.08. The second-order valence-corrected chi connectivity index (χ2v) is 3.02. The van der Waals surface area contributed by atoms with Crippen LogP contribution in [0.2, 0.25) is 5.02 Å². The highest BCUT2D eigenvalue weighted by molar-refractivity contribution is 6.31. The van der Waals surface area contributed by atoms with Crippen LogP contribution in [0.1, 0.15) is 5.56 Å². The molecule has 0 fully saturated rings. The molecule has 1 aromatic rings. The molecule has 0 saturated carbocycles. The van der Waals surface area contributed by atoms with Crippen LogP contribution >= 0.6 is 11.6 Å². The van der Waals surface area contributed by atoms with Crippen molar-refractivity contribution in [2.45, 2.75) is 6.42 Å². The van der Waals surface area contributed by atoms with Gasteiger partial charge in [-0.2, -0.15) is 0 Å². The summed E-state index contributed by atoms with van der Waals surface area (Å²) in [7, 11) is 1.26. The number of aliphatic carboxylic acids is 1. The Morgan fingerprint density at radius 2 is 2.29 bits per heavy atom. The van der Waals surface area contributed by atoms with Crippen LogP contribution in [-0.4, -0.2) is 18.2 Å². The van der Waals surface area contributed by atoms with E-state index in [0.717, 1.165) is 6.07 Å². The summed E-state index contributed by atoms with van der Waals surface area (Å²) in [6, 6.07) is 2.43. The second kappa shape index (κ2) is 4.28. The number of carboxylic acids is 1. The Morgan fingerprint density at radius 3 is 2.79 bits per heavy atom. The lowest BCUT2D eigenvalue weighted by atomic mass is 10.1. The van der Waals surface area contributed by atoms with E-state index in [-0.39, 0.29) is 22.8 Å². The van der Waals surface area contributed by atoms with Crippen molar-refractivity contribution in [2.24, 2.45) is 0 Å². The van der Waals surface area contributed by atoms with Gasteiger partial charge in [0.2, 0.25) is 0 Å². The fourth-order valence-corrected chi connectivity index (χ4v) is 1.33. The number of carbonyl (C=O) groups is 1. The lowest BCUT2D eigenvalue weighted by molar-refractivity contribution is -0.136. The first-order chi connectivity index (χ1) is 6.56. The minimum Gasteiger partial charge on any atom is -0.493 e. The molecule has 14 heavy (non-hydrogen) atoms. The summed E-state index contributed by atoms with van der Waals surface area (Å²) in [6.07, 6.45) is -0.361. The largest absolute Gasteiger partial charge is 0.493 e. The maximum Gasteiger partial charge on any atom is 0.308 e. The van der Waals surface area contributed by atoms with Crippen LogP contribution < -0.4 is 4.74 Å². The van der Waals surface area contributed by atoms with Crippen molar-refractivity contribution >= 4 is 17.6 Å². The highest BCUT2D eigenvalue weighted by Crippen LogP contribution is 2.29. The summed E-state index contributed by atoms with van der Waals surface area (Å²) in [5.74, 6) is -1.82.